The Bertz CT molecular complexity index is 579. The lowest BCUT2D eigenvalue weighted by molar-refractivity contribution is -0.117. The van der Waals surface area contributed by atoms with Gasteiger partial charge in [0.2, 0.25) is 5.91 Å². The molecule has 3 N–H and O–H groups in total. The van der Waals surface area contributed by atoms with E-state index in [1.165, 1.54) is 0 Å². The molecule has 98 valence electrons. The first kappa shape index (κ1) is 13.3. The van der Waals surface area contributed by atoms with Gasteiger partial charge in [0.15, 0.2) is 0 Å². The number of hydrogen-bond acceptors (Lipinski definition) is 2. The van der Waals surface area contributed by atoms with Crippen molar-refractivity contribution in [3.8, 4) is 0 Å². The third-order valence-corrected chi connectivity index (χ3v) is 3.30. The Hall–Kier alpha value is -2.13. The third kappa shape index (κ3) is 3.01. The molecule has 2 aromatic carbocycles. The molecule has 0 fully saturated rings. The summed E-state index contributed by atoms with van der Waals surface area (Å²) >= 11 is 0. The van der Waals surface area contributed by atoms with Crippen LogP contribution in [-0.2, 0) is 4.79 Å². The van der Waals surface area contributed by atoms with Crippen LogP contribution in [-0.4, -0.2) is 5.91 Å². The van der Waals surface area contributed by atoms with E-state index in [1.54, 1.807) is 0 Å². The van der Waals surface area contributed by atoms with Crippen LogP contribution in [0.1, 0.15) is 22.7 Å². The first-order valence-electron chi connectivity index (χ1n) is 6.27. The van der Waals surface area contributed by atoms with Gasteiger partial charge in [-0.25, -0.2) is 0 Å². The average Bonchev–Trinajstić information content (AvgIpc) is 2.44. The Morgan fingerprint density at radius 3 is 2.42 bits per heavy atom. The van der Waals surface area contributed by atoms with Crippen LogP contribution in [0.25, 0.3) is 0 Å². The van der Waals surface area contributed by atoms with Crippen molar-refractivity contribution in [2.45, 2.75) is 19.9 Å². The summed E-state index contributed by atoms with van der Waals surface area (Å²) in [5, 5.41) is 2.89. The van der Waals surface area contributed by atoms with Gasteiger partial charge in [0, 0.05) is 5.69 Å². The second kappa shape index (κ2) is 5.67. The van der Waals surface area contributed by atoms with Gasteiger partial charge in [-0.05, 0) is 36.6 Å². The van der Waals surface area contributed by atoms with Crippen molar-refractivity contribution in [3.05, 3.63) is 65.2 Å². The zero-order chi connectivity index (χ0) is 13.8. The van der Waals surface area contributed by atoms with Gasteiger partial charge in [-0.3, -0.25) is 4.79 Å². The number of benzene rings is 2. The van der Waals surface area contributed by atoms with E-state index < -0.39 is 6.04 Å². The van der Waals surface area contributed by atoms with Crippen molar-refractivity contribution >= 4 is 11.6 Å². The third-order valence-electron chi connectivity index (χ3n) is 3.30. The molecule has 0 saturated heterocycles. The van der Waals surface area contributed by atoms with Crippen LogP contribution in [0.3, 0.4) is 0 Å². The number of carbonyl (C=O) groups excluding carboxylic acids is 1. The highest BCUT2D eigenvalue weighted by atomic mass is 16.2. The topological polar surface area (TPSA) is 55.1 Å². The summed E-state index contributed by atoms with van der Waals surface area (Å²) in [6, 6.07) is 14.5. The number of anilines is 1. The number of rotatable bonds is 3. The van der Waals surface area contributed by atoms with Crippen LogP contribution in [0.2, 0.25) is 0 Å². The van der Waals surface area contributed by atoms with E-state index in [2.05, 4.69) is 5.32 Å². The van der Waals surface area contributed by atoms with Gasteiger partial charge in [0.25, 0.3) is 0 Å². The van der Waals surface area contributed by atoms with Crippen molar-refractivity contribution in [2.75, 3.05) is 5.32 Å². The number of amides is 1. The van der Waals surface area contributed by atoms with Crippen molar-refractivity contribution in [2.24, 2.45) is 5.73 Å². The van der Waals surface area contributed by atoms with Crippen LogP contribution >= 0.6 is 0 Å². The van der Waals surface area contributed by atoms with Crippen LogP contribution in [0.4, 0.5) is 5.69 Å². The summed E-state index contributed by atoms with van der Waals surface area (Å²) in [5.74, 6) is -0.195. The molecule has 0 saturated carbocycles. The molecule has 1 atom stereocenters. The highest BCUT2D eigenvalue weighted by molar-refractivity contribution is 5.96. The van der Waals surface area contributed by atoms with Gasteiger partial charge in [0.1, 0.15) is 6.04 Å². The molecule has 19 heavy (non-hydrogen) atoms. The zero-order valence-corrected chi connectivity index (χ0v) is 11.2. The minimum absolute atomic E-state index is 0.195. The number of hydrogen-bond donors (Lipinski definition) is 2. The Kier molecular flexibility index (Phi) is 3.97. The van der Waals surface area contributed by atoms with Crippen LogP contribution in [0, 0.1) is 13.8 Å². The van der Waals surface area contributed by atoms with Gasteiger partial charge in [0.05, 0.1) is 0 Å². The van der Waals surface area contributed by atoms with Gasteiger partial charge in [-0.1, -0.05) is 42.5 Å². The second-order valence-corrected chi connectivity index (χ2v) is 4.63. The summed E-state index contributed by atoms with van der Waals surface area (Å²) < 4.78 is 0. The molecule has 3 heteroatoms. The Balaban J connectivity index is 2.15. The van der Waals surface area contributed by atoms with Gasteiger partial charge in [-0.15, -0.1) is 0 Å². The number of nitrogens with one attached hydrogen (secondary N) is 1. The van der Waals surface area contributed by atoms with Gasteiger partial charge in [-0.2, -0.15) is 0 Å². The lowest BCUT2D eigenvalue weighted by Gasteiger charge is -2.15. The normalized spacial score (nSPS) is 11.9. The van der Waals surface area contributed by atoms with Gasteiger partial charge >= 0.3 is 0 Å². The van der Waals surface area contributed by atoms with E-state index in [-0.39, 0.29) is 5.91 Å². The molecular formula is C16H18N2O. The van der Waals surface area contributed by atoms with Crippen molar-refractivity contribution in [1.29, 1.82) is 0 Å². The molecule has 0 aliphatic heterocycles. The number of aryl methyl sites for hydroxylation is 1. The van der Waals surface area contributed by atoms with E-state index in [9.17, 15) is 4.79 Å². The van der Waals surface area contributed by atoms with E-state index in [1.807, 2.05) is 62.4 Å². The molecule has 0 aromatic heterocycles. The Labute approximate surface area is 113 Å². The molecular weight excluding hydrogens is 236 g/mol. The molecule has 2 rings (SSSR count). The highest BCUT2D eigenvalue weighted by Crippen LogP contribution is 2.19. The largest absolute Gasteiger partial charge is 0.324 e. The van der Waals surface area contributed by atoms with Gasteiger partial charge < -0.3 is 11.1 Å². The first-order valence-corrected chi connectivity index (χ1v) is 6.27. The summed E-state index contributed by atoms with van der Waals surface area (Å²) in [6.45, 7) is 4.00. The van der Waals surface area contributed by atoms with Crippen LogP contribution < -0.4 is 11.1 Å². The first-order chi connectivity index (χ1) is 9.09. The summed E-state index contributed by atoms with van der Waals surface area (Å²) in [6.07, 6.45) is 0. The molecule has 3 nitrogen and oxygen atoms in total. The molecule has 0 radical (unpaired) electrons. The maximum absolute atomic E-state index is 12.1. The van der Waals surface area contributed by atoms with Crippen molar-refractivity contribution in [1.82, 2.24) is 0 Å². The predicted octanol–water partition coefficient (Wildman–Crippen LogP) is 2.94. The average molecular weight is 254 g/mol. The molecule has 1 amide bonds. The quantitative estimate of drug-likeness (QED) is 0.884. The number of carbonyl (C=O) groups is 1. The van der Waals surface area contributed by atoms with E-state index in [4.69, 9.17) is 5.73 Å². The lowest BCUT2D eigenvalue weighted by Crippen LogP contribution is -2.28. The highest BCUT2D eigenvalue weighted by Gasteiger charge is 2.16. The number of nitrogens with two attached hydrogens (primary N) is 1. The Morgan fingerprint density at radius 2 is 1.74 bits per heavy atom. The summed E-state index contributed by atoms with van der Waals surface area (Å²) in [7, 11) is 0. The summed E-state index contributed by atoms with van der Waals surface area (Å²) in [4.78, 5) is 12.1. The fourth-order valence-electron chi connectivity index (χ4n) is 1.91. The minimum Gasteiger partial charge on any atom is -0.324 e. The monoisotopic (exact) mass is 254 g/mol. The van der Waals surface area contributed by atoms with E-state index in [0.717, 1.165) is 22.4 Å². The van der Waals surface area contributed by atoms with E-state index >= 15 is 0 Å². The molecule has 0 aliphatic rings. The van der Waals surface area contributed by atoms with E-state index in [0.29, 0.717) is 0 Å². The van der Waals surface area contributed by atoms with Crippen LogP contribution in [0.5, 0.6) is 0 Å². The zero-order valence-electron chi connectivity index (χ0n) is 11.2. The SMILES string of the molecule is Cc1cccc(NC(=O)C(N)c2ccccc2)c1C. The fraction of sp³-hybridized carbons (Fsp3) is 0.188. The van der Waals surface area contributed by atoms with Crippen molar-refractivity contribution in [3.63, 3.8) is 0 Å². The molecule has 1 unspecified atom stereocenters. The molecule has 2 aromatic rings. The standard InChI is InChI=1S/C16H18N2O/c1-11-7-6-10-14(12(11)2)18-16(19)15(17)13-8-4-3-5-9-13/h3-10,15H,17H2,1-2H3,(H,18,19). The lowest BCUT2D eigenvalue weighted by atomic mass is 10.1. The molecule has 0 bridgehead atoms. The molecule has 0 spiro atoms. The van der Waals surface area contributed by atoms with Crippen LogP contribution in [0.15, 0.2) is 48.5 Å². The fourth-order valence-corrected chi connectivity index (χ4v) is 1.91. The molecule has 0 heterocycles. The maximum Gasteiger partial charge on any atom is 0.245 e. The summed E-state index contributed by atoms with van der Waals surface area (Å²) in [5.41, 5.74) is 9.80. The molecule has 0 aliphatic carbocycles. The predicted molar refractivity (Wildman–Crippen MR) is 77.9 cm³/mol. The Morgan fingerprint density at radius 1 is 1.05 bits per heavy atom. The maximum atomic E-state index is 12.1. The minimum atomic E-state index is -0.652. The smallest absolute Gasteiger partial charge is 0.245 e. The second-order valence-electron chi connectivity index (χ2n) is 4.63. The van der Waals surface area contributed by atoms with Crippen molar-refractivity contribution < 1.29 is 4.79 Å².